The van der Waals surface area contributed by atoms with Gasteiger partial charge in [0.25, 0.3) is 10.0 Å². The Kier molecular flexibility index (Phi) is 3.38. The molecule has 1 aliphatic heterocycles. The summed E-state index contributed by atoms with van der Waals surface area (Å²) in [6, 6.07) is 6.69. The number of pyridine rings is 1. The van der Waals surface area contributed by atoms with Crippen molar-refractivity contribution in [1.82, 2.24) is 4.98 Å². The molecule has 0 radical (unpaired) electrons. The summed E-state index contributed by atoms with van der Waals surface area (Å²) in [5, 5.41) is 0. The molecule has 0 amide bonds. The van der Waals surface area contributed by atoms with Crippen LogP contribution < -0.4 is 14.2 Å². The van der Waals surface area contributed by atoms with Crippen molar-refractivity contribution in [3.8, 4) is 11.5 Å². The number of nitrogens with one attached hydrogen (secondary N) is 1. The minimum Gasteiger partial charge on any atom is -0.486 e. The van der Waals surface area contributed by atoms with E-state index in [1.807, 2.05) is 0 Å². The van der Waals surface area contributed by atoms with Crippen LogP contribution in [-0.2, 0) is 10.0 Å². The maximum atomic E-state index is 12.7. The average molecular weight is 310 g/mol. The molecule has 2 heterocycles. The zero-order valence-electron chi connectivity index (χ0n) is 10.7. The number of hydrogen-bond donors (Lipinski definition) is 1. The van der Waals surface area contributed by atoms with Gasteiger partial charge in [-0.3, -0.25) is 4.72 Å². The Labute approximate surface area is 120 Å². The van der Waals surface area contributed by atoms with Crippen LogP contribution >= 0.6 is 0 Å². The third kappa shape index (κ3) is 2.89. The van der Waals surface area contributed by atoms with E-state index >= 15 is 0 Å². The molecule has 0 aliphatic carbocycles. The van der Waals surface area contributed by atoms with Gasteiger partial charge in [0.15, 0.2) is 11.5 Å². The van der Waals surface area contributed by atoms with Crippen molar-refractivity contribution in [1.29, 1.82) is 0 Å². The highest BCUT2D eigenvalue weighted by Crippen LogP contribution is 2.32. The van der Waals surface area contributed by atoms with Crippen LogP contribution in [0, 0.1) is 5.95 Å². The van der Waals surface area contributed by atoms with E-state index in [0.717, 1.165) is 12.3 Å². The van der Waals surface area contributed by atoms with Crippen molar-refractivity contribution in [2.75, 3.05) is 17.9 Å². The maximum absolute atomic E-state index is 12.7. The van der Waals surface area contributed by atoms with Crippen molar-refractivity contribution in [2.45, 2.75) is 4.90 Å². The number of nitrogens with zero attached hydrogens (tertiary/aromatic N) is 1. The van der Waals surface area contributed by atoms with Gasteiger partial charge in [0, 0.05) is 6.07 Å². The summed E-state index contributed by atoms with van der Waals surface area (Å²) >= 11 is 0. The Hall–Kier alpha value is -2.35. The van der Waals surface area contributed by atoms with Gasteiger partial charge >= 0.3 is 0 Å². The van der Waals surface area contributed by atoms with E-state index in [1.165, 1.54) is 24.3 Å². The second-order valence-electron chi connectivity index (χ2n) is 4.28. The number of hydrogen-bond acceptors (Lipinski definition) is 5. The quantitative estimate of drug-likeness (QED) is 0.875. The normalized spacial score (nSPS) is 13.8. The van der Waals surface area contributed by atoms with E-state index in [1.54, 1.807) is 0 Å². The number of anilines is 1. The van der Waals surface area contributed by atoms with E-state index < -0.39 is 16.0 Å². The first-order chi connectivity index (χ1) is 10.0. The molecule has 1 N–H and O–H groups in total. The highest BCUT2D eigenvalue weighted by Gasteiger charge is 2.19. The molecular formula is C13H11FN2O4S. The maximum Gasteiger partial charge on any atom is 0.262 e. The van der Waals surface area contributed by atoms with Crippen LogP contribution in [-0.4, -0.2) is 26.6 Å². The van der Waals surface area contributed by atoms with Crippen LogP contribution in [0.5, 0.6) is 11.5 Å². The SMILES string of the molecule is O=S(=O)(Nc1ccc(F)nc1)c1ccc2c(c1)OCCO2. The average Bonchev–Trinajstić information content (AvgIpc) is 2.49. The minimum atomic E-state index is -3.81. The predicted octanol–water partition coefficient (Wildman–Crippen LogP) is 1.79. The zero-order chi connectivity index (χ0) is 14.9. The van der Waals surface area contributed by atoms with E-state index in [0.29, 0.717) is 24.7 Å². The molecule has 0 spiro atoms. The number of aromatic nitrogens is 1. The molecule has 8 heteroatoms. The Morgan fingerprint density at radius 2 is 1.86 bits per heavy atom. The number of fused-ring (bicyclic) bond motifs is 1. The first-order valence-electron chi connectivity index (χ1n) is 6.09. The molecule has 110 valence electrons. The lowest BCUT2D eigenvalue weighted by atomic mass is 10.3. The lowest BCUT2D eigenvalue weighted by Crippen LogP contribution is -2.17. The third-order valence-electron chi connectivity index (χ3n) is 2.80. The summed E-state index contributed by atoms with van der Waals surface area (Å²) in [5.74, 6) is 0.197. The fraction of sp³-hybridized carbons (Fsp3) is 0.154. The van der Waals surface area contributed by atoms with E-state index in [4.69, 9.17) is 9.47 Å². The van der Waals surface area contributed by atoms with Gasteiger partial charge in [-0.1, -0.05) is 0 Å². The van der Waals surface area contributed by atoms with Gasteiger partial charge in [0.1, 0.15) is 13.2 Å². The first-order valence-corrected chi connectivity index (χ1v) is 7.57. The molecule has 1 aliphatic rings. The third-order valence-corrected chi connectivity index (χ3v) is 4.18. The van der Waals surface area contributed by atoms with Crippen LogP contribution in [0.25, 0.3) is 0 Å². The summed E-state index contributed by atoms with van der Waals surface area (Å²) in [6.07, 6.45) is 1.10. The van der Waals surface area contributed by atoms with Gasteiger partial charge in [0.2, 0.25) is 5.95 Å². The number of ether oxygens (including phenoxy) is 2. The van der Waals surface area contributed by atoms with Gasteiger partial charge in [-0.2, -0.15) is 4.39 Å². The predicted molar refractivity (Wildman–Crippen MR) is 72.4 cm³/mol. The molecule has 1 aromatic heterocycles. The Bertz CT molecular complexity index is 762. The molecule has 3 rings (SSSR count). The molecule has 0 saturated heterocycles. The van der Waals surface area contributed by atoms with E-state index in [9.17, 15) is 12.8 Å². The topological polar surface area (TPSA) is 77.5 Å². The number of halogens is 1. The van der Waals surface area contributed by atoms with Crippen molar-refractivity contribution >= 4 is 15.7 Å². The molecule has 0 unspecified atom stereocenters. The van der Waals surface area contributed by atoms with Crippen molar-refractivity contribution in [2.24, 2.45) is 0 Å². The summed E-state index contributed by atoms with van der Waals surface area (Å²) in [4.78, 5) is 3.41. The standard InChI is InChI=1S/C13H11FN2O4S/c14-13-4-1-9(8-15-13)16-21(17,18)10-2-3-11-12(7-10)20-6-5-19-11/h1-4,7-8,16H,5-6H2. The lowest BCUT2D eigenvalue weighted by molar-refractivity contribution is 0.171. The monoisotopic (exact) mass is 310 g/mol. The second kappa shape index (κ2) is 5.21. The summed E-state index contributed by atoms with van der Waals surface area (Å²) in [7, 11) is -3.81. The molecule has 0 bridgehead atoms. The highest BCUT2D eigenvalue weighted by atomic mass is 32.2. The molecule has 0 atom stereocenters. The molecular weight excluding hydrogens is 299 g/mol. The van der Waals surface area contributed by atoms with Crippen LogP contribution in [0.1, 0.15) is 0 Å². The van der Waals surface area contributed by atoms with Crippen LogP contribution in [0.15, 0.2) is 41.4 Å². The first kappa shape index (κ1) is 13.6. The molecule has 0 saturated carbocycles. The molecule has 0 fully saturated rings. The van der Waals surface area contributed by atoms with Crippen molar-refractivity contribution in [3.63, 3.8) is 0 Å². The fourth-order valence-corrected chi connectivity index (χ4v) is 2.90. The summed E-state index contributed by atoms with van der Waals surface area (Å²) < 4.78 is 50.2. The summed E-state index contributed by atoms with van der Waals surface area (Å²) in [5.41, 5.74) is 0.172. The fourth-order valence-electron chi connectivity index (χ4n) is 1.84. The zero-order valence-corrected chi connectivity index (χ0v) is 11.6. The molecule has 21 heavy (non-hydrogen) atoms. The summed E-state index contributed by atoms with van der Waals surface area (Å²) in [6.45, 7) is 0.796. The molecule has 2 aromatic rings. The Morgan fingerprint density at radius 3 is 2.57 bits per heavy atom. The van der Waals surface area contributed by atoms with E-state index in [2.05, 4.69) is 9.71 Å². The van der Waals surface area contributed by atoms with E-state index in [-0.39, 0.29) is 10.6 Å². The number of benzene rings is 1. The minimum absolute atomic E-state index is 0.0241. The smallest absolute Gasteiger partial charge is 0.262 e. The number of sulfonamides is 1. The van der Waals surface area contributed by atoms with Crippen LogP contribution in [0.4, 0.5) is 10.1 Å². The van der Waals surface area contributed by atoms with Gasteiger partial charge in [-0.25, -0.2) is 13.4 Å². The van der Waals surface area contributed by atoms with Crippen LogP contribution in [0.2, 0.25) is 0 Å². The largest absolute Gasteiger partial charge is 0.486 e. The van der Waals surface area contributed by atoms with Crippen LogP contribution in [0.3, 0.4) is 0 Å². The van der Waals surface area contributed by atoms with Crippen molar-refractivity contribution < 1.29 is 22.3 Å². The lowest BCUT2D eigenvalue weighted by Gasteiger charge is -2.19. The highest BCUT2D eigenvalue weighted by molar-refractivity contribution is 7.92. The number of rotatable bonds is 3. The second-order valence-corrected chi connectivity index (χ2v) is 5.96. The Balaban J connectivity index is 1.89. The molecule has 6 nitrogen and oxygen atoms in total. The Morgan fingerprint density at radius 1 is 1.10 bits per heavy atom. The van der Waals surface area contributed by atoms with Gasteiger partial charge < -0.3 is 9.47 Å². The van der Waals surface area contributed by atoms with Crippen molar-refractivity contribution in [3.05, 3.63) is 42.5 Å². The molecule has 1 aromatic carbocycles. The van der Waals surface area contributed by atoms with Gasteiger partial charge in [-0.05, 0) is 24.3 Å². The van der Waals surface area contributed by atoms with Gasteiger partial charge in [0.05, 0.1) is 16.8 Å². The van der Waals surface area contributed by atoms with Gasteiger partial charge in [-0.15, -0.1) is 0 Å².